The first-order valence-electron chi connectivity index (χ1n) is 5.66. The molecule has 2 aromatic rings. The quantitative estimate of drug-likeness (QED) is 0.634. The van der Waals surface area contributed by atoms with Crippen molar-refractivity contribution in [1.29, 1.82) is 0 Å². The lowest BCUT2D eigenvalue weighted by molar-refractivity contribution is 1.09. The molecule has 0 spiro atoms. The number of aromatic nitrogens is 2. The monoisotopic (exact) mass is 206 g/mol. The Morgan fingerprint density at radius 1 is 1.27 bits per heavy atom. The predicted molar refractivity (Wildman–Crippen MR) is 67.2 cm³/mol. The van der Waals surface area contributed by atoms with Crippen molar-refractivity contribution < 1.29 is 0 Å². The molecule has 0 saturated heterocycles. The van der Waals surface area contributed by atoms with E-state index in [1.165, 1.54) is 12.0 Å². The van der Waals surface area contributed by atoms with Crippen LogP contribution >= 0.6 is 0 Å². The maximum absolute atomic E-state index is 4.01. The highest BCUT2D eigenvalue weighted by molar-refractivity contribution is 5.47. The Bertz CT molecular complexity index is 330. The number of aryl methyl sites for hydroxylation is 1. The zero-order chi connectivity index (χ0) is 11.7. The van der Waals surface area contributed by atoms with Crippen LogP contribution in [0, 0.1) is 6.92 Å². The molecule has 0 atom stereocenters. The van der Waals surface area contributed by atoms with Gasteiger partial charge in [-0.25, -0.2) is 0 Å². The van der Waals surface area contributed by atoms with Crippen molar-refractivity contribution in [2.75, 3.05) is 0 Å². The summed E-state index contributed by atoms with van der Waals surface area (Å²) in [6, 6.07) is 2.10. The molecule has 84 valence electrons. The van der Waals surface area contributed by atoms with Gasteiger partial charge in [-0.1, -0.05) is 34.1 Å². The summed E-state index contributed by atoms with van der Waals surface area (Å²) in [5.74, 6) is 0. The minimum absolute atomic E-state index is 1.15. The van der Waals surface area contributed by atoms with Gasteiger partial charge in [-0.15, -0.1) is 0 Å². The van der Waals surface area contributed by atoms with E-state index in [2.05, 4.69) is 42.4 Å². The van der Waals surface area contributed by atoms with Gasteiger partial charge in [0.2, 0.25) is 0 Å². The summed E-state index contributed by atoms with van der Waals surface area (Å²) in [6.45, 7) is 10.3. The Morgan fingerprint density at radius 2 is 1.87 bits per heavy atom. The van der Waals surface area contributed by atoms with Crippen molar-refractivity contribution in [1.82, 2.24) is 9.38 Å². The van der Waals surface area contributed by atoms with Crippen LogP contribution in [-0.4, -0.2) is 9.38 Å². The number of nitrogens with zero attached hydrogens (tertiary/aromatic N) is 2. The summed E-state index contributed by atoms with van der Waals surface area (Å²) in [5.41, 5.74) is 2.42. The first-order valence-corrected chi connectivity index (χ1v) is 5.66. The zero-order valence-corrected chi connectivity index (χ0v) is 10.5. The van der Waals surface area contributed by atoms with Gasteiger partial charge in [0.05, 0.1) is 11.7 Å². The van der Waals surface area contributed by atoms with Crippen LogP contribution in [0.5, 0.6) is 0 Å². The van der Waals surface area contributed by atoms with Crippen LogP contribution < -0.4 is 0 Å². The van der Waals surface area contributed by atoms with Crippen LogP contribution in [0.25, 0.3) is 5.52 Å². The number of hydrogen-bond donors (Lipinski definition) is 0. The molecule has 2 heterocycles. The van der Waals surface area contributed by atoms with Crippen LogP contribution in [0.4, 0.5) is 0 Å². The number of fused-ring (bicyclic) bond motifs is 1. The van der Waals surface area contributed by atoms with Gasteiger partial charge in [0.1, 0.15) is 0 Å². The number of rotatable bonds is 0. The number of hydrogen-bond acceptors (Lipinski definition) is 1. The highest BCUT2D eigenvalue weighted by atomic mass is 14.9. The van der Waals surface area contributed by atoms with E-state index in [9.17, 15) is 0 Å². The summed E-state index contributed by atoms with van der Waals surface area (Å²) in [5, 5.41) is 0. The fourth-order valence-electron chi connectivity index (χ4n) is 1.10. The molecule has 0 amide bonds. The molecule has 2 rings (SSSR count). The van der Waals surface area contributed by atoms with Gasteiger partial charge in [-0.2, -0.15) is 0 Å². The Kier molecular flexibility index (Phi) is 7.33. The third-order valence-electron chi connectivity index (χ3n) is 1.54. The Labute approximate surface area is 93.0 Å². The molecular weight excluding hydrogens is 184 g/mol. The van der Waals surface area contributed by atoms with Gasteiger partial charge >= 0.3 is 0 Å². The first-order chi connectivity index (χ1) is 7.27. The van der Waals surface area contributed by atoms with Crippen LogP contribution in [0.2, 0.25) is 0 Å². The topological polar surface area (TPSA) is 17.3 Å². The average molecular weight is 206 g/mol. The molecule has 15 heavy (non-hydrogen) atoms. The second-order valence-corrected chi connectivity index (χ2v) is 3.13. The average Bonchev–Trinajstić information content (AvgIpc) is 2.62. The second kappa shape index (κ2) is 8.04. The fraction of sp³-hybridized carbons (Fsp3) is 0.462. The van der Waals surface area contributed by atoms with E-state index in [-0.39, 0.29) is 0 Å². The zero-order valence-electron chi connectivity index (χ0n) is 10.5. The normalized spacial score (nSPS) is 8.60. The molecule has 2 nitrogen and oxygen atoms in total. The largest absolute Gasteiger partial charge is 0.321 e. The van der Waals surface area contributed by atoms with E-state index in [0.717, 1.165) is 5.52 Å². The van der Waals surface area contributed by atoms with Crippen molar-refractivity contribution in [3.63, 3.8) is 0 Å². The van der Waals surface area contributed by atoms with Crippen LogP contribution in [0.15, 0.2) is 30.9 Å². The third-order valence-corrected chi connectivity index (χ3v) is 1.54. The lowest BCUT2D eigenvalue weighted by Gasteiger charge is -1.88. The third kappa shape index (κ3) is 4.63. The van der Waals surface area contributed by atoms with Gasteiger partial charge in [-0.3, -0.25) is 4.98 Å². The Hall–Kier alpha value is -1.31. The van der Waals surface area contributed by atoms with E-state index in [1.54, 1.807) is 6.20 Å². The molecule has 0 aromatic carbocycles. The molecule has 0 radical (unpaired) electrons. The van der Waals surface area contributed by atoms with Gasteiger partial charge < -0.3 is 4.40 Å². The summed E-state index contributed by atoms with van der Waals surface area (Å²) in [4.78, 5) is 4.01. The van der Waals surface area contributed by atoms with Crippen molar-refractivity contribution in [2.24, 2.45) is 0 Å². The molecule has 0 aliphatic carbocycles. The lowest BCUT2D eigenvalue weighted by atomic mass is 10.4. The Morgan fingerprint density at radius 3 is 2.40 bits per heavy atom. The van der Waals surface area contributed by atoms with E-state index >= 15 is 0 Å². The molecule has 0 aliphatic heterocycles. The maximum Gasteiger partial charge on any atom is 0.0636 e. The van der Waals surface area contributed by atoms with E-state index < -0.39 is 0 Å². The minimum atomic E-state index is 1.15. The lowest BCUT2D eigenvalue weighted by Crippen LogP contribution is -1.79. The summed E-state index contributed by atoms with van der Waals surface area (Å²) < 4.78 is 2.06. The molecule has 0 unspecified atom stereocenters. The summed E-state index contributed by atoms with van der Waals surface area (Å²) in [6.07, 6.45) is 8.92. The fourth-order valence-corrected chi connectivity index (χ4v) is 1.10. The minimum Gasteiger partial charge on any atom is -0.321 e. The molecule has 0 aliphatic rings. The van der Waals surface area contributed by atoms with Crippen LogP contribution in [-0.2, 0) is 0 Å². The molecule has 0 saturated carbocycles. The SMILES string of the molecule is CC.CCC.Cc1cc2cnccn2c1. The van der Waals surface area contributed by atoms with Crippen molar-refractivity contribution in [2.45, 2.75) is 41.0 Å². The van der Waals surface area contributed by atoms with Crippen molar-refractivity contribution in [3.8, 4) is 0 Å². The summed E-state index contributed by atoms with van der Waals surface area (Å²) in [7, 11) is 0. The molecule has 2 aromatic heterocycles. The van der Waals surface area contributed by atoms with Crippen molar-refractivity contribution >= 4 is 5.52 Å². The van der Waals surface area contributed by atoms with E-state index in [1.807, 2.05) is 26.2 Å². The predicted octanol–water partition coefficient (Wildman–Crippen LogP) is 4.09. The van der Waals surface area contributed by atoms with Gasteiger partial charge in [0.15, 0.2) is 0 Å². The van der Waals surface area contributed by atoms with Crippen molar-refractivity contribution in [3.05, 3.63) is 36.4 Å². The summed E-state index contributed by atoms with van der Waals surface area (Å²) >= 11 is 0. The van der Waals surface area contributed by atoms with Crippen LogP contribution in [0.3, 0.4) is 0 Å². The van der Waals surface area contributed by atoms with Gasteiger partial charge in [0, 0.05) is 18.6 Å². The molecule has 0 bridgehead atoms. The van der Waals surface area contributed by atoms with Crippen LogP contribution in [0.1, 0.15) is 39.7 Å². The highest BCUT2D eigenvalue weighted by Gasteiger charge is 1.91. The van der Waals surface area contributed by atoms with E-state index in [0.29, 0.717) is 0 Å². The smallest absolute Gasteiger partial charge is 0.0636 e. The van der Waals surface area contributed by atoms with Gasteiger partial charge in [-0.05, 0) is 18.6 Å². The van der Waals surface area contributed by atoms with E-state index in [4.69, 9.17) is 0 Å². The first kappa shape index (κ1) is 13.7. The molecule has 2 heteroatoms. The standard InChI is InChI=1S/C8H8N2.C3H8.C2H6/c1-7-4-8-5-9-2-3-10(8)6-7;1-3-2;1-2/h2-6H,1H3;3H2,1-2H3;1-2H3. The maximum atomic E-state index is 4.01. The second-order valence-electron chi connectivity index (χ2n) is 3.13. The van der Waals surface area contributed by atoms with Gasteiger partial charge in [0.25, 0.3) is 0 Å². The highest BCUT2D eigenvalue weighted by Crippen LogP contribution is 2.05. The molecule has 0 fully saturated rings. The molecular formula is C13H22N2. The molecule has 0 N–H and O–H groups in total. The Balaban J connectivity index is 0.000000342.